The second-order valence-corrected chi connectivity index (χ2v) is 14.1. The lowest BCUT2D eigenvalue weighted by atomic mass is 10.4. The molecule has 1 rings (SSSR count). The molecule has 0 atom stereocenters. The van der Waals surface area contributed by atoms with Crippen LogP contribution in [0.3, 0.4) is 0 Å². The van der Waals surface area contributed by atoms with Crippen LogP contribution in [0.2, 0.25) is 0 Å². The second kappa shape index (κ2) is 10.7. The van der Waals surface area contributed by atoms with Gasteiger partial charge in [-0.05, 0) is 79.0 Å². The van der Waals surface area contributed by atoms with Crippen LogP contribution in [0.15, 0.2) is 0 Å². The molecule has 1 fully saturated rings. The second-order valence-electron chi connectivity index (χ2n) is 7.46. The first-order valence-corrected chi connectivity index (χ1v) is 14.5. The SMILES string of the molecule is CC(C)OP(=S)(OC(C)C)N1CCN(P(=S)(OC(C)C)OC(C)C)CC1. The van der Waals surface area contributed by atoms with E-state index in [0.29, 0.717) is 0 Å². The maximum atomic E-state index is 6.07. The van der Waals surface area contributed by atoms with Crippen LogP contribution in [-0.2, 0) is 41.7 Å². The molecule has 0 N–H and O–H groups in total. The van der Waals surface area contributed by atoms with Crippen molar-refractivity contribution in [2.24, 2.45) is 0 Å². The number of rotatable bonds is 10. The summed E-state index contributed by atoms with van der Waals surface area (Å²) in [6.45, 7) is 13.9. The van der Waals surface area contributed by atoms with Crippen molar-refractivity contribution in [3.63, 3.8) is 0 Å². The van der Waals surface area contributed by atoms with Crippen molar-refractivity contribution in [3.05, 3.63) is 0 Å². The lowest BCUT2D eigenvalue weighted by Gasteiger charge is -2.44. The van der Waals surface area contributed by atoms with Gasteiger partial charge in [0.05, 0.1) is 24.4 Å². The van der Waals surface area contributed by atoms with Crippen LogP contribution in [0.4, 0.5) is 0 Å². The summed E-state index contributed by atoms with van der Waals surface area (Å²) in [6, 6.07) is 0. The molecule has 0 aromatic rings. The van der Waals surface area contributed by atoms with E-state index in [1.54, 1.807) is 0 Å². The van der Waals surface area contributed by atoms with Gasteiger partial charge in [0.2, 0.25) is 0 Å². The van der Waals surface area contributed by atoms with Gasteiger partial charge in [-0.2, -0.15) is 0 Å². The molecule has 6 nitrogen and oxygen atoms in total. The van der Waals surface area contributed by atoms with Gasteiger partial charge in [0.1, 0.15) is 0 Å². The summed E-state index contributed by atoms with van der Waals surface area (Å²) in [7, 11) is 0. The van der Waals surface area contributed by atoms with Crippen LogP contribution < -0.4 is 0 Å². The lowest BCUT2D eigenvalue weighted by Crippen LogP contribution is -2.45. The molecule has 0 radical (unpaired) electrons. The maximum Gasteiger partial charge on any atom is 0.264 e. The molecule has 0 aromatic carbocycles. The third-order valence-corrected chi connectivity index (χ3v) is 10.7. The van der Waals surface area contributed by atoms with E-state index in [4.69, 9.17) is 41.7 Å². The molecule has 10 heteroatoms. The Balaban J connectivity index is 2.87. The highest BCUT2D eigenvalue weighted by molar-refractivity contribution is 8.09. The van der Waals surface area contributed by atoms with E-state index in [1.807, 2.05) is 55.4 Å². The van der Waals surface area contributed by atoms with Gasteiger partial charge < -0.3 is 18.1 Å². The summed E-state index contributed by atoms with van der Waals surface area (Å²) in [4.78, 5) is 0. The largest absolute Gasteiger partial charge is 0.315 e. The standard InChI is InChI=1S/C16H36N2O4P2S2/c1-13(2)19-23(25,20-14(3)4)17-9-11-18(12-10-17)24(26,21-15(5)6)22-16(7)8/h13-16H,9-12H2,1-8H3. The molecule has 1 heterocycles. The van der Waals surface area contributed by atoms with Crippen LogP contribution in [0.5, 0.6) is 0 Å². The maximum absolute atomic E-state index is 6.07. The third kappa shape index (κ3) is 7.82. The first-order chi connectivity index (χ1) is 11.9. The monoisotopic (exact) mass is 446 g/mol. The molecule has 0 amide bonds. The fraction of sp³-hybridized carbons (Fsp3) is 1.00. The van der Waals surface area contributed by atoms with Crippen molar-refractivity contribution < 1.29 is 18.1 Å². The molecule has 0 bridgehead atoms. The zero-order valence-corrected chi connectivity index (χ0v) is 20.8. The molecule has 0 spiro atoms. The fourth-order valence-corrected chi connectivity index (χ4v) is 9.70. The van der Waals surface area contributed by atoms with Crippen LogP contribution in [0, 0.1) is 0 Å². The van der Waals surface area contributed by atoms with Crippen molar-refractivity contribution >= 4 is 36.9 Å². The van der Waals surface area contributed by atoms with Crippen LogP contribution >= 0.6 is 13.3 Å². The predicted octanol–water partition coefficient (Wildman–Crippen LogP) is 4.75. The summed E-state index contributed by atoms with van der Waals surface area (Å²) in [5, 5.41) is 0. The summed E-state index contributed by atoms with van der Waals surface area (Å²) < 4.78 is 28.6. The Morgan fingerprint density at radius 3 is 0.885 bits per heavy atom. The van der Waals surface area contributed by atoms with Crippen molar-refractivity contribution in [2.75, 3.05) is 26.2 Å². The van der Waals surface area contributed by atoms with Gasteiger partial charge in [-0.15, -0.1) is 0 Å². The van der Waals surface area contributed by atoms with Gasteiger partial charge in [-0.25, -0.2) is 9.34 Å². The first kappa shape index (κ1) is 25.1. The number of nitrogens with zero attached hydrogens (tertiary/aromatic N) is 2. The predicted molar refractivity (Wildman–Crippen MR) is 117 cm³/mol. The summed E-state index contributed by atoms with van der Waals surface area (Å²) in [6.07, 6.45) is 0.0989. The van der Waals surface area contributed by atoms with Crippen LogP contribution in [0.1, 0.15) is 55.4 Å². The average molecular weight is 447 g/mol. The highest BCUT2D eigenvalue weighted by Crippen LogP contribution is 2.58. The minimum atomic E-state index is -2.50. The Kier molecular flexibility index (Phi) is 10.4. The van der Waals surface area contributed by atoms with E-state index in [-0.39, 0.29) is 24.4 Å². The zero-order valence-electron chi connectivity index (χ0n) is 17.4. The number of hydrogen-bond acceptors (Lipinski definition) is 6. The molecule has 0 aliphatic carbocycles. The van der Waals surface area contributed by atoms with Crippen LogP contribution in [-0.4, -0.2) is 59.9 Å². The molecular formula is C16H36N2O4P2S2. The minimum absolute atomic E-state index is 0.0247. The smallest absolute Gasteiger partial charge is 0.264 e. The first-order valence-electron chi connectivity index (χ1n) is 9.32. The van der Waals surface area contributed by atoms with E-state index < -0.39 is 13.3 Å². The molecule has 1 saturated heterocycles. The van der Waals surface area contributed by atoms with Gasteiger partial charge in [0.25, 0.3) is 13.3 Å². The van der Waals surface area contributed by atoms with Gasteiger partial charge in [-0.3, -0.25) is 0 Å². The Bertz CT molecular complexity index is 450. The Labute approximate surface area is 170 Å². The van der Waals surface area contributed by atoms with Crippen molar-refractivity contribution in [1.29, 1.82) is 0 Å². The Morgan fingerprint density at radius 1 is 0.538 bits per heavy atom. The quantitative estimate of drug-likeness (QED) is 0.446. The molecule has 26 heavy (non-hydrogen) atoms. The van der Waals surface area contributed by atoms with E-state index in [9.17, 15) is 0 Å². The zero-order chi connectivity index (χ0) is 20.1. The normalized spacial score (nSPS) is 18.6. The van der Waals surface area contributed by atoms with Crippen LogP contribution in [0.25, 0.3) is 0 Å². The third-order valence-electron chi connectivity index (χ3n) is 3.30. The van der Waals surface area contributed by atoms with Gasteiger partial charge >= 0.3 is 0 Å². The summed E-state index contributed by atoms with van der Waals surface area (Å²) >= 11 is 11.7. The lowest BCUT2D eigenvalue weighted by molar-refractivity contribution is 0.109. The molecule has 1 aliphatic rings. The highest BCUT2D eigenvalue weighted by atomic mass is 32.5. The van der Waals surface area contributed by atoms with Gasteiger partial charge in [-0.1, -0.05) is 0 Å². The molecule has 0 unspecified atom stereocenters. The Hall–Kier alpha value is 1.06. The van der Waals surface area contributed by atoms with Gasteiger partial charge in [0.15, 0.2) is 0 Å². The number of hydrogen-bond donors (Lipinski definition) is 0. The molecule has 0 saturated carbocycles. The fourth-order valence-electron chi connectivity index (χ4n) is 2.56. The van der Waals surface area contributed by atoms with E-state index in [0.717, 1.165) is 26.2 Å². The van der Waals surface area contributed by atoms with Gasteiger partial charge in [0, 0.05) is 26.2 Å². The van der Waals surface area contributed by atoms with Crippen molar-refractivity contribution in [1.82, 2.24) is 9.34 Å². The minimum Gasteiger partial charge on any atom is -0.315 e. The van der Waals surface area contributed by atoms with Crippen molar-refractivity contribution in [3.8, 4) is 0 Å². The van der Waals surface area contributed by atoms with E-state index in [1.165, 1.54) is 0 Å². The van der Waals surface area contributed by atoms with E-state index >= 15 is 0 Å². The molecule has 1 aliphatic heterocycles. The summed E-state index contributed by atoms with van der Waals surface area (Å²) in [5.74, 6) is 0. The summed E-state index contributed by atoms with van der Waals surface area (Å²) in [5.41, 5.74) is 0. The molecular weight excluding hydrogens is 410 g/mol. The molecule has 156 valence electrons. The topological polar surface area (TPSA) is 43.4 Å². The molecule has 0 aromatic heterocycles. The average Bonchev–Trinajstić information content (AvgIpc) is 2.43. The number of piperazine rings is 1. The highest BCUT2D eigenvalue weighted by Gasteiger charge is 2.38. The van der Waals surface area contributed by atoms with E-state index in [2.05, 4.69) is 9.34 Å². The Morgan fingerprint density at radius 2 is 0.731 bits per heavy atom. The van der Waals surface area contributed by atoms with Crippen molar-refractivity contribution in [2.45, 2.75) is 79.8 Å².